The zero-order valence-corrected chi connectivity index (χ0v) is 28.3. The molecule has 0 atom stereocenters. The summed E-state index contributed by atoms with van der Waals surface area (Å²) in [6.45, 7) is 0.147. The molecule has 0 aromatic heterocycles. The van der Waals surface area contributed by atoms with Gasteiger partial charge < -0.3 is 4.90 Å². The van der Waals surface area contributed by atoms with Crippen molar-refractivity contribution < 1.29 is 0 Å². The van der Waals surface area contributed by atoms with Gasteiger partial charge in [-0.1, -0.05) is 163 Å². The van der Waals surface area contributed by atoms with Crippen LogP contribution < -0.4 is 21.3 Å². The lowest BCUT2D eigenvalue weighted by molar-refractivity contribution is 1.30. The van der Waals surface area contributed by atoms with Gasteiger partial charge in [-0.3, -0.25) is 0 Å². The third-order valence-electron chi connectivity index (χ3n) is 11.8. The Morgan fingerprint density at radius 2 is 0.750 bits per heavy atom. The molecular weight excluding hydrogens is 625 g/mol. The van der Waals surface area contributed by atoms with Crippen molar-refractivity contribution in [1.29, 1.82) is 0 Å². The number of benzene rings is 9. The molecule has 9 aromatic carbocycles. The van der Waals surface area contributed by atoms with Gasteiger partial charge in [0, 0.05) is 22.5 Å². The minimum atomic E-state index is 0.147. The molecule has 0 aliphatic carbocycles. The fraction of sp³-hybridized carbons (Fsp3) is 0. The third-order valence-corrected chi connectivity index (χ3v) is 11.8. The Bertz CT molecular complexity index is 2770. The van der Waals surface area contributed by atoms with Crippen molar-refractivity contribution in [3.8, 4) is 55.6 Å². The van der Waals surface area contributed by atoms with Crippen molar-refractivity contribution in [2.75, 3.05) is 4.90 Å². The van der Waals surface area contributed by atoms with E-state index in [1.807, 2.05) is 0 Å². The smallest absolute Gasteiger partial charge is 0.249 e. The molecule has 52 heavy (non-hydrogen) atoms. The van der Waals surface area contributed by atoms with E-state index in [0.717, 1.165) is 0 Å². The molecule has 3 aliphatic heterocycles. The van der Waals surface area contributed by atoms with Gasteiger partial charge in [0.1, 0.15) is 0 Å². The lowest BCUT2D eigenvalue weighted by atomic mass is 9.29. The first-order valence-corrected chi connectivity index (χ1v) is 18.2. The van der Waals surface area contributed by atoms with Crippen LogP contribution in [0.1, 0.15) is 0 Å². The summed E-state index contributed by atoms with van der Waals surface area (Å²) in [4.78, 5) is 2.63. The number of fused-ring (bicyclic) bond motifs is 2. The standard InChI is InChI=1S/C50H30BN/c1-4-13-31(14-5-1)36-29-41(32-15-6-2-7-16-32)50(42(30-36)33-17-8-3-9-18-33)52-43-27-25-34-19-10-21-37-39-23-12-24-40-38-22-11-20-35-26-28-44(52)49(46(35)38)51(47(39)40)48(43)45(34)37/h1-30H. The summed E-state index contributed by atoms with van der Waals surface area (Å²) in [7, 11) is 0. The molecular formula is C50H30BN. The molecule has 12 rings (SSSR count). The van der Waals surface area contributed by atoms with Gasteiger partial charge in [-0.25, -0.2) is 0 Å². The molecule has 0 unspecified atom stereocenters. The Balaban J connectivity index is 1.29. The fourth-order valence-corrected chi connectivity index (χ4v) is 9.71. The topological polar surface area (TPSA) is 3.24 Å². The molecule has 2 heteroatoms. The Morgan fingerprint density at radius 3 is 1.25 bits per heavy atom. The molecule has 0 spiro atoms. The fourth-order valence-electron chi connectivity index (χ4n) is 9.71. The van der Waals surface area contributed by atoms with Gasteiger partial charge in [0.2, 0.25) is 6.71 Å². The molecule has 0 radical (unpaired) electrons. The lowest BCUT2D eigenvalue weighted by Crippen LogP contribution is -2.61. The maximum absolute atomic E-state index is 2.63. The van der Waals surface area contributed by atoms with E-state index in [-0.39, 0.29) is 6.71 Å². The van der Waals surface area contributed by atoms with E-state index in [2.05, 4.69) is 187 Å². The van der Waals surface area contributed by atoms with E-state index in [0.29, 0.717) is 0 Å². The van der Waals surface area contributed by atoms with Crippen LogP contribution in [0, 0.1) is 0 Å². The third kappa shape index (κ3) is 3.68. The van der Waals surface area contributed by atoms with E-state index in [1.165, 1.54) is 111 Å². The molecule has 0 saturated heterocycles. The van der Waals surface area contributed by atoms with Crippen molar-refractivity contribution in [2.24, 2.45) is 0 Å². The Kier molecular flexibility index (Phi) is 5.65. The lowest BCUT2D eigenvalue weighted by Gasteiger charge is -2.44. The van der Waals surface area contributed by atoms with Gasteiger partial charge >= 0.3 is 0 Å². The Hall–Kier alpha value is -6.64. The number of anilines is 3. The normalized spacial score (nSPS) is 12.9. The highest BCUT2D eigenvalue weighted by molar-refractivity contribution is 7.03. The number of nitrogens with zero attached hydrogens (tertiary/aromatic N) is 1. The first-order chi connectivity index (χ1) is 25.8. The summed E-state index contributed by atoms with van der Waals surface area (Å²) in [5, 5.41) is 5.36. The Morgan fingerprint density at radius 1 is 0.308 bits per heavy atom. The zero-order valence-electron chi connectivity index (χ0n) is 28.3. The molecule has 0 saturated carbocycles. The molecule has 3 aliphatic rings. The number of hydrogen-bond donors (Lipinski definition) is 0. The van der Waals surface area contributed by atoms with Crippen LogP contribution in [0.5, 0.6) is 0 Å². The second kappa shape index (κ2) is 10.4. The SMILES string of the molecule is c1ccc(-c2cc(-c3ccccc3)c(N3c4ccc5cccc6c5c4B4c5c-6cccc5-c5cccc6ccc3c4c56)c(-c3ccccc3)c2)cc1. The predicted molar refractivity (Wildman–Crippen MR) is 222 cm³/mol. The van der Waals surface area contributed by atoms with Crippen molar-refractivity contribution >= 4 is 61.7 Å². The average molecular weight is 656 g/mol. The molecule has 1 nitrogen and oxygen atoms in total. The molecule has 3 heterocycles. The molecule has 0 N–H and O–H groups in total. The average Bonchev–Trinajstić information content (AvgIpc) is 3.22. The van der Waals surface area contributed by atoms with Crippen LogP contribution in [0.3, 0.4) is 0 Å². The van der Waals surface area contributed by atoms with E-state index >= 15 is 0 Å². The summed E-state index contributed by atoms with van der Waals surface area (Å²) in [6, 6.07) is 67.8. The molecule has 0 bridgehead atoms. The van der Waals surface area contributed by atoms with Crippen molar-refractivity contribution in [3.63, 3.8) is 0 Å². The van der Waals surface area contributed by atoms with Gasteiger partial charge in [0.05, 0.1) is 5.69 Å². The van der Waals surface area contributed by atoms with Crippen molar-refractivity contribution in [3.05, 3.63) is 182 Å². The first kappa shape index (κ1) is 28.1. The summed E-state index contributed by atoms with van der Waals surface area (Å²) in [5.41, 5.74) is 20.7. The zero-order chi connectivity index (χ0) is 33.9. The second-order valence-corrected chi connectivity index (χ2v) is 14.4. The monoisotopic (exact) mass is 655 g/mol. The van der Waals surface area contributed by atoms with Gasteiger partial charge in [0.25, 0.3) is 0 Å². The van der Waals surface area contributed by atoms with Crippen LogP contribution in [0.25, 0.3) is 77.2 Å². The van der Waals surface area contributed by atoms with Crippen LogP contribution in [0.2, 0.25) is 0 Å². The second-order valence-electron chi connectivity index (χ2n) is 14.4. The maximum Gasteiger partial charge on any atom is 0.249 e. The number of hydrogen-bond acceptors (Lipinski definition) is 1. The molecule has 0 fully saturated rings. The van der Waals surface area contributed by atoms with Crippen LogP contribution in [-0.2, 0) is 0 Å². The van der Waals surface area contributed by atoms with Gasteiger partial charge in [-0.05, 0) is 101 Å². The molecule has 9 aromatic rings. The van der Waals surface area contributed by atoms with E-state index in [4.69, 9.17) is 0 Å². The largest absolute Gasteiger partial charge is 0.310 e. The minimum Gasteiger partial charge on any atom is -0.310 e. The van der Waals surface area contributed by atoms with E-state index < -0.39 is 0 Å². The summed E-state index contributed by atoms with van der Waals surface area (Å²) in [5.74, 6) is 0. The highest BCUT2D eigenvalue weighted by Crippen LogP contribution is 2.52. The summed E-state index contributed by atoms with van der Waals surface area (Å²) >= 11 is 0. The molecule has 0 amide bonds. The van der Waals surface area contributed by atoms with Gasteiger partial charge in [-0.2, -0.15) is 0 Å². The van der Waals surface area contributed by atoms with Gasteiger partial charge in [0.15, 0.2) is 0 Å². The van der Waals surface area contributed by atoms with E-state index in [9.17, 15) is 0 Å². The van der Waals surface area contributed by atoms with E-state index in [1.54, 1.807) is 0 Å². The van der Waals surface area contributed by atoms with Crippen molar-refractivity contribution in [2.45, 2.75) is 0 Å². The Labute approximate surface area is 303 Å². The van der Waals surface area contributed by atoms with Crippen molar-refractivity contribution in [1.82, 2.24) is 0 Å². The highest BCUT2D eigenvalue weighted by Gasteiger charge is 2.46. The van der Waals surface area contributed by atoms with Crippen LogP contribution in [0.4, 0.5) is 17.1 Å². The maximum atomic E-state index is 2.63. The summed E-state index contributed by atoms with van der Waals surface area (Å²) < 4.78 is 0. The van der Waals surface area contributed by atoms with Crippen LogP contribution in [0.15, 0.2) is 182 Å². The van der Waals surface area contributed by atoms with Gasteiger partial charge in [-0.15, -0.1) is 0 Å². The first-order valence-electron chi connectivity index (χ1n) is 18.2. The predicted octanol–water partition coefficient (Wildman–Crippen LogP) is 11.3. The van der Waals surface area contributed by atoms with Crippen LogP contribution in [-0.4, -0.2) is 6.71 Å². The van der Waals surface area contributed by atoms with Crippen LogP contribution >= 0.6 is 0 Å². The highest BCUT2D eigenvalue weighted by atomic mass is 15.2. The quantitative estimate of drug-likeness (QED) is 0.171. The number of rotatable bonds is 4. The minimum absolute atomic E-state index is 0.147. The molecule has 238 valence electrons. The summed E-state index contributed by atoms with van der Waals surface area (Å²) in [6.07, 6.45) is 0.